The summed E-state index contributed by atoms with van der Waals surface area (Å²) in [7, 11) is 3.79. The lowest BCUT2D eigenvalue weighted by molar-refractivity contribution is -0.131. The van der Waals surface area contributed by atoms with E-state index in [0.717, 1.165) is 24.6 Å². The zero-order valence-corrected chi connectivity index (χ0v) is 12.3. The number of likely N-dealkylation sites (N-methyl/N-ethyl adjacent to an activating group) is 2. The number of hydrogen-bond acceptors (Lipinski definition) is 4. The summed E-state index contributed by atoms with van der Waals surface area (Å²) in [6.07, 6.45) is 0. The average molecular weight is 264 g/mol. The van der Waals surface area contributed by atoms with E-state index in [1.54, 1.807) is 0 Å². The summed E-state index contributed by atoms with van der Waals surface area (Å²) in [5.41, 5.74) is 0.960. The van der Waals surface area contributed by atoms with Gasteiger partial charge in [-0.05, 0) is 33.0 Å². The Balaban J connectivity index is 2.54. The predicted molar refractivity (Wildman–Crippen MR) is 78.0 cm³/mol. The fourth-order valence-electron chi connectivity index (χ4n) is 1.95. The first-order valence-corrected chi connectivity index (χ1v) is 6.70. The first kappa shape index (κ1) is 15.4. The van der Waals surface area contributed by atoms with Crippen LogP contribution < -0.4 is 5.32 Å². The first-order valence-electron chi connectivity index (χ1n) is 6.70. The van der Waals surface area contributed by atoms with Crippen LogP contribution in [0.2, 0.25) is 0 Å². The maximum absolute atomic E-state index is 12.0. The molecule has 1 amide bonds. The molecule has 1 rings (SSSR count). The van der Waals surface area contributed by atoms with Gasteiger partial charge in [-0.3, -0.25) is 9.69 Å². The third kappa shape index (κ3) is 4.87. The van der Waals surface area contributed by atoms with Crippen LogP contribution in [0.15, 0.2) is 18.2 Å². The Morgan fingerprint density at radius 1 is 1.32 bits per heavy atom. The van der Waals surface area contributed by atoms with Crippen LogP contribution in [0.4, 0.5) is 5.82 Å². The maximum Gasteiger partial charge on any atom is 0.236 e. The Bertz CT molecular complexity index is 404. The quantitative estimate of drug-likeness (QED) is 0.809. The molecular weight excluding hydrogens is 240 g/mol. The van der Waals surface area contributed by atoms with Crippen molar-refractivity contribution < 1.29 is 4.79 Å². The molecule has 0 aliphatic rings. The lowest BCUT2D eigenvalue weighted by atomic mass is 10.3. The van der Waals surface area contributed by atoms with Crippen molar-refractivity contribution in [3.05, 3.63) is 23.9 Å². The van der Waals surface area contributed by atoms with Gasteiger partial charge in [0.15, 0.2) is 0 Å². The van der Waals surface area contributed by atoms with E-state index in [2.05, 4.69) is 10.3 Å². The van der Waals surface area contributed by atoms with Crippen molar-refractivity contribution >= 4 is 11.7 Å². The molecule has 0 fully saturated rings. The molecule has 0 aliphatic carbocycles. The second kappa shape index (κ2) is 7.74. The van der Waals surface area contributed by atoms with Crippen molar-refractivity contribution in [1.82, 2.24) is 14.8 Å². The molecule has 0 saturated heterocycles. The van der Waals surface area contributed by atoms with E-state index in [9.17, 15) is 4.79 Å². The fraction of sp³-hybridized carbons (Fsp3) is 0.571. The van der Waals surface area contributed by atoms with E-state index >= 15 is 0 Å². The maximum atomic E-state index is 12.0. The van der Waals surface area contributed by atoms with Crippen LogP contribution >= 0.6 is 0 Å². The Kier molecular flexibility index (Phi) is 6.29. The normalized spacial score (nSPS) is 10.6. The van der Waals surface area contributed by atoms with Crippen molar-refractivity contribution in [1.29, 1.82) is 0 Å². The summed E-state index contributed by atoms with van der Waals surface area (Å²) in [5.74, 6) is 1.01. The van der Waals surface area contributed by atoms with Gasteiger partial charge in [-0.15, -0.1) is 0 Å². The molecule has 1 heterocycles. The molecule has 0 spiro atoms. The number of hydrogen-bond donors (Lipinski definition) is 1. The standard InChI is InChI=1S/C14H24N4O/c1-5-18(6-2)14(19)11-17(4)10-12-8-7-9-13(15-3)16-12/h7-9H,5-6,10-11H2,1-4H3,(H,15,16). The Labute approximate surface area is 115 Å². The highest BCUT2D eigenvalue weighted by Crippen LogP contribution is 2.06. The van der Waals surface area contributed by atoms with Crippen molar-refractivity contribution in [2.24, 2.45) is 0 Å². The van der Waals surface area contributed by atoms with Crippen molar-refractivity contribution in [3.8, 4) is 0 Å². The van der Waals surface area contributed by atoms with Gasteiger partial charge in [0.1, 0.15) is 5.82 Å². The molecule has 0 unspecified atom stereocenters. The minimum Gasteiger partial charge on any atom is -0.373 e. The summed E-state index contributed by atoms with van der Waals surface area (Å²) in [6, 6.07) is 5.86. The number of amides is 1. The predicted octanol–water partition coefficient (Wildman–Crippen LogP) is 1.42. The molecule has 1 aromatic rings. The van der Waals surface area contributed by atoms with Crippen LogP contribution in [-0.2, 0) is 11.3 Å². The van der Waals surface area contributed by atoms with Crippen LogP contribution in [0.25, 0.3) is 0 Å². The number of anilines is 1. The molecule has 0 radical (unpaired) electrons. The van der Waals surface area contributed by atoms with Crippen molar-refractivity contribution in [2.45, 2.75) is 20.4 Å². The Morgan fingerprint density at radius 2 is 2.00 bits per heavy atom. The van der Waals surface area contributed by atoms with Crippen LogP contribution in [-0.4, -0.2) is 54.4 Å². The topological polar surface area (TPSA) is 48.5 Å². The van der Waals surface area contributed by atoms with Gasteiger partial charge < -0.3 is 10.2 Å². The molecule has 0 atom stereocenters. The smallest absolute Gasteiger partial charge is 0.236 e. The van der Waals surface area contributed by atoms with Gasteiger partial charge in [0, 0.05) is 26.7 Å². The fourth-order valence-corrected chi connectivity index (χ4v) is 1.95. The van der Waals surface area contributed by atoms with Crippen LogP contribution in [0.3, 0.4) is 0 Å². The minimum absolute atomic E-state index is 0.164. The second-order valence-electron chi connectivity index (χ2n) is 4.50. The number of carbonyl (C=O) groups excluding carboxylic acids is 1. The summed E-state index contributed by atoms with van der Waals surface area (Å²) in [4.78, 5) is 20.3. The number of carbonyl (C=O) groups is 1. The van der Waals surface area contributed by atoms with Crippen molar-refractivity contribution in [2.75, 3.05) is 39.0 Å². The van der Waals surface area contributed by atoms with Gasteiger partial charge >= 0.3 is 0 Å². The zero-order chi connectivity index (χ0) is 14.3. The molecule has 5 heteroatoms. The van der Waals surface area contributed by atoms with Crippen LogP contribution in [0.5, 0.6) is 0 Å². The third-order valence-corrected chi connectivity index (χ3v) is 3.02. The molecule has 5 nitrogen and oxygen atoms in total. The number of pyridine rings is 1. The largest absolute Gasteiger partial charge is 0.373 e. The molecule has 1 N–H and O–H groups in total. The molecule has 0 aromatic carbocycles. The highest BCUT2D eigenvalue weighted by molar-refractivity contribution is 5.78. The molecule has 19 heavy (non-hydrogen) atoms. The van der Waals surface area contributed by atoms with Gasteiger partial charge in [-0.1, -0.05) is 6.07 Å². The zero-order valence-electron chi connectivity index (χ0n) is 12.3. The van der Waals surface area contributed by atoms with E-state index in [0.29, 0.717) is 13.1 Å². The van der Waals surface area contributed by atoms with Gasteiger partial charge in [0.05, 0.1) is 12.2 Å². The summed E-state index contributed by atoms with van der Waals surface area (Å²) in [6.45, 7) is 6.61. The first-order chi connectivity index (χ1) is 9.10. The highest BCUT2D eigenvalue weighted by atomic mass is 16.2. The molecular formula is C14H24N4O. The summed E-state index contributed by atoms with van der Waals surface area (Å²) < 4.78 is 0. The Morgan fingerprint density at radius 3 is 2.58 bits per heavy atom. The number of nitrogens with zero attached hydrogens (tertiary/aromatic N) is 3. The minimum atomic E-state index is 0.164. The lowest BCUT2D eigenvalue weighted by Crippen LogP contribution is -2.38. The average Bonchev–Trinajstić information content (AvgIpc) is 2.40. The van der Waals surface area contributed by atoms with Gasteiger partial charge in [0.2, 0.25) is 5.91 Å². The van der Waals surface area contributed by atoms with E-state index in [-0.39, 0.29) is 5.91 Å². The summed E-state index contributed by atoms with van der Waals surface area (Å²) in [5, 5.41) is 3.01. The van der Waals surface area contributed by atoms with Crippen LogP contribution in [0, 0.1) is 0 Å². The van der Waals surface area contributed by atoms with E-state index in [1.807, 2.05) is 55.9 Å². The number of nitrogens with one attached hydrogen (secondary N) is 1. The van der Waals surface area contributed by atoms with E-state index in [1.165, 1.54) is 0 Å². The van der Waals surface area contributed by atoms with Crippen LogP contribution in [0.1, 0.15) is 19.5 Å². The van der Waals surface area contributed by atoms with Gasteiger partial charge in [0.25, 0.3) is 0 Å². The SMILES string of the molecule is CCN(CC)C(=O)CN(C)Cc1cccc(NC)n1. The molecule has 106 valence electrons. The monoisotopic (exact) mass is 264 g/mol. The van der Waals surface area contributed by atoms with Gasteiger partial charge in [-0.25, -0.2) is 4.98 Å². The molecule has 0 aliphatic heterocycles. The van der Waals surface area contributed by atoms with E-state index < -0.39 is 0 Å². The molecule has 0 bridgehead atoms. The Hall–Kier alpha value is -1.62. The lowest BCUT2D eigenvalue weighted by Gasteiger charge is -2.22. The number of rotatable bonds is 7. The molecule has 1 aromatic heterocycles. The van der Waals surface area contributed by atoms with Gasteiger partial charge in [-0.2, -0.15) is 0 Å². The molecule has 0 saturated carbocycles. The summed E-state index contributed by atoms with van der Waals surface area (Å²) >= 11 is 0. The second-order valence-corrected chi connectivity index (χ2v) is 4.50. The van der Waals surface area contributed by atoms with E-state index in [4.69, 9.17) is 0 Å². The van der Waals surface area contributed by atoms with Crippen molar-refractivity contribution in [3.63, 3.8) is 0 Å². The number of aromatic nitrogens is 1. The third-order valence-electron chi connectivity index (χ3n) is 3.02. The highest BCUT2D eigenvalue weighted by Gasteiger charge is 2.12.